The number of carbonyl (C=O) groups excluding carboxylic acids is 2. The molecule has 194 valence electrons. The largest absolute Gasteiger partial charge is 0.493 e. The van der Waals surface area contributed by atoms with Crippen molar-refractivity contribution in [2.24, 2.45) is 5.41 Å². The second-order valence-electron chi connectivity index (χ2n) is 9.76. The van der Waals surface area contributed by atoms with Gasteiger partial charge in [0, 0.05) is 48.6 Å². The molecule has 0 unspecified atom stereocenters. The van der Waals surface area contributed by atoms with Crippen LogP contribution in [-0.2, 0) is 4.79 Å². The average Bonchev–Trinajstić information content (AvgIpc) is 2.92. The molecule has 0 N–H and O–H groups in total. The van der Waals surface area contributed by atoms with Crippen LogP contribution in [0.15, 0.2) is 42.5 Å². The Hall–Kier alpha value is -2.93. The molecule has 0 bridgehead atoms. The quantitative estimate of drug-likeness (QED) is 0.492. The first-order chi connectivity index (χ1) is 17.4. The van der Waals surface area contributed by atoms with E-state index >= 15 is 0 Å². The molecule has 2 saturated heterocycles. The summed E-state index contributed by atoms with van der Waals surface area (Å²) in [5.74, 6) is 1.85. The number of benzene rings is 2. The number of nitrogens with zero attached hydrogens (tertiary/aromatic N) is 2. The highest BCUT2D eigenvalue weighted by Gasteiger charge is 2.41. The van der Waals surface area contributed by atoms with E-state index in [1.165, 1.54) is 6.42 Å². The summed E-state index contributed by atoms with van der Waals surface area (Å²) in [4.78, 5) is 30.7. The van der Waals surface area contributed by atoms with Crippen molar-refractivity contribution in [1.82, 2.24) is 9.80 Å². The molecule has 4 rings (SSSR count). The van der Waals surface area contributed by atoms with Crippen LogP contribution in [0.5, 0.6) is 17.2 Å². The van der Waals surface area contributed by atoms with Crippen molar-refractivity contribution in [2.75, 3.05) is 47.0 Å². The highest BCUT2D eigenvalue weighted by Crippen LogP contribution is 2.37. The van der Waals surface area contributed by atoms with Gasteiger partial charge in [0.15, 0.2) is 11.5 Å². The van der Waals surface area contributed by atoms with Crippen LogP contribution in [0.4, 0.5) is 0 Å². The Labute approximate surface area is 218 Å². The lowest BCUT2D eigenvalue weighted by Crippen LogP contribution is -2.51. The molecular formula is C28H35ClN2O5. The van der Waals surface area contributed by atoms with Crippen LogP contribution in [0.1, 0.15) is 48.9 Å². The summed E-state index contributed by atoms with van der Waals surface area (Å²) in [6.45, 7) is 3.05. The highest BCUT2D eigenvalue weighted by atomic mass is 35.5. The zero-order chi connectivity index (χ0) is 25.5. The van der Waals surface area contributed by atoms with Crippen molar-refractivity contribution >= 4 is 23.4 Å². The zero-order valence-corrected chi connectivity index (χ0v) is 21.9. The van der Waals surface area contributed by atoms with Crippen molar-refractivity contribution in [3.8, 4) is 17.2 Å². The van der Waals surface area contributed by atoms with E-state index in [0.717, 1.165) is 38.8 Å². The number of rotatable bonds is 8. The number of likely N-dealkylation sites (tertiary alicyclic amines) is 2. The van der Waals surface area contributed by atoms with Crippen molar-refractivity contribution in [3.05, 3.63) is 53.1 Å². The van der Waals surface area contributed by atoms with Crippen LogP contribution < -0.4 is 14.2 Å². The van der Waals surface area contributed by atoms with Crippen LogP contribution in [-0.4, -0.2) is 68.6 Å². The highest BCUT2D eigenvalue weighted by molar-refractivity contribution is 6.30. The molecule has 7 nitrogen and oxygen atoms in total. The molecule has 0 spiro atoms. The van der Waals surface area contributed by atoms with E-state index in [4.69, 9.17) is 25.8 Å². The van der Waals surface area contributed by atoms with Crippen LogP contribution >= 0.6 is 11.6 Å². The zero-order valence-electron chi connectivity index (χ0n) is 21.1. The Balaban J connectivity index is 1.54. The molecule has 2 amide bonds. The predicted molar refractivity (Wildman–Crippen MR) is 139 cm³/mol. The Kier molecular flexibility index (Phi) is 8.62. The van der Waals surface area contributed by atoms with Crippen molar-refractivity contribution in [2.45, 2.75) is 38.5 Å². The number of methoxy groups -OCH3 is 2. The molecule has 2 fully saturated rings. The second kappa shape index (κ2) is 11.9. The minimum absolute atomic E-state index is 0.0862. The van der Waals surface area contributed by atoms with Gasteiger partial charge in [-0.1, -0.05) is 11.6 Å². The van der Waals surface area contributed by atoms with E-state index in [9.17, 15) is 9.59 Å². The van der Waals surface area contributed by atoms with E-state index < -0.39 is 5.41 Å². The van der Waals surface area contributed by atoms with Gasteiger partial charge >= 0.3 is 0 Å². The van der Waals surface area contributed by atoms with Crippen molar-refractivity contribution in [3.63, 3.8) is 0 Å². The Bertz CT molecular complexity index is 1050. The molecule has 8 heteroatoms. The monoisotopic (exact) mass is 514 g/mol. The van der Waals surface area contributed by atoms with Gasteiger partial charge in [0.1, 0.15) is 5.75 Å². The first kappa shape index (κ1) is 26.1. The van der Waals surface area contributed by atoms with Crippen LogP contribution in [0.2, 0.25) is 5.02 Å². The number of hydrogen-bond acceptors (Lipinski definition) is 5. The fraction of sp³-hybridized carbons (Fsp3) is 0.500. The Morgan fingerprint density at radius 1 is 0.889 bits per heavy atom. The lowest BCUT2D eigenvalue weighted by Gasteiger charge is -2.43. The van der Waals surface area contributed by atoms with Gasteiger partial charge in [0.2, 0.25) is 5.91 Å². The van der Waals surface area contributed by atoms with Crippen LogP contribution in [0.3, 0.4) is 0 Å². The molecule has 1 atom stereocenters. The van der Waals surface area contributed by atoms with Crippen LogP contribution in [0.25, 0.3) is 0 Å². The normalized spacial score (nSPS) is 20.1. The smallest absolute Gasteiger partial charge is 0.254 e. The van der Waals surface area contributed by atoms with Gasteiger partial charge in [-0.05, 0) is 74.6 Å². The topological polar surface area (TPSA) is 68.3 Å². The molecule has 0 aromatic heterocycles. The summed E-state index contributed by atoms with van der Waals surface area (Å²) < 4.78 is 16.9. The molecule has 0 saturated carbocycles. The van der Waals surface area contributed by atoms with Gasteiger partial charge in [-0.2, -0.15) is 0 Å². The van der Waals surface area contributed by atoms with E-state index in [0.29, 0.717) is 54.0 Å². The van der Waals surface area contributed by atoms with E-state index in [-0.39, 0.29) is 11.8 Å². The predicted octanol–water partition coefficient (Wildman–Crippen LogP) is 5.06. The molecule has 2 aliphatic rings. The number of carbonyl (C=O) groups is 2. The fourth-order valence-electron chi connectivity index (χ4n) is 5.19. The van der Waals surface area contributed by atoms with Crippen LogP contribution in [0, 0.1) is 5.41 Å². The molecular weight excluding hydrogens is 480 g/mol. The maximum absolute atomic E-state index is 13.5. The Morgan fingerprint density at radius 2 is 1.58 bits per heavy atom. The lowest BCUT2D eigenvalue weighted by molar-refractivity contribution is -0.136. The maximum atomic E-state index is 13.5. The third kappa shape index (κ3) is 6.25. The van der Waals surface area contributed by atoms with E-state index in [1.807, 2.05) is 21.9 Å². The average molecular weight is 515 g/mol. The summed E-state index contributed by atoms with van der Waals surface area (Å²) in [5.41, 5.74) is 0.0583. The summed E-state index contributed by atoms with van der Waals surface area (Å²) >= 11 is 6.03. The van der Waals surface area contributed by atoms with Crippen molar-refractivity contribution in [1.29, 1.82) is 0 Å². The first-order valence-corrected chi connectivity index (χ1v) is 13.0. The summed E-state index contributed by atoms with van der Waals surface area (Å²) in [6, 6.07) is 12.4. The molecule has 2 aliphatic heterocycles. The molecule has 0 aliphatic carbocycles. The number of amides is 2. The van der Waals surface area contributed by atoms with Gasteiger partial charge in [0.05, 0.1) is 20.8 Å². The summed E-state index contributed by atoms with van der Waals surface area (Å²) in [7, 11) is 3.12. The molecule has 0 radical (unpaired) electrons. The van der Waals surface area contributed by atoms with Crippen molar-refractivity contribution < 1.29 is 23.8 Å². The SMILES string of the molecule is COc1ccc(C(=O)N2CCC[C@](COc3ccc(Cl)cc3)(CC(=O)N3CCCCC3)C2)cc1OC. The third-order valence-electron chi connectivity index (χ3n) is 7.17. The number of ether oxygens (including phenoxy) is 3. The minimum atomic E-state index is -0.474. The third-order valence-corrected chi connectivity index (χ3v) is 7.42. The van der Waals surface area contributed by atoms with Gasteiger partial charge < -0.3 is 24.0 Å². The Morgan fingerprint density at radius 3 is 2.28 bits per heavy atom. The second-order valence-corrected chi connectivity index (χ2v) is 10.2. The standard InChI is InChI=1S/C28H35ClN2O5/c1-34-24-12-7-21(17-25(24)35-2)27(33)31-16-6-13-28(19-31,18-26(32)30-14-4-3-5-15-30)20-36-23-10-8-22(29)9-11-23/h7-12,17H,3-6,13-16,18-20H2,1-2H3/t28-/m0/s1. The fourth-order valence-corrected chi connectivity index (χ4v) is 5.32. The summed E-state index contributed by atoms with van der Waals surface area (Å²) in [6.07, 6.45) is 5.23. The van der Waals surface area contributed by atoms with Gasteiger partial charge in [-0.15, -0.1) is 0 Å². The first-order valence-electron chi connectivity index (χ1n) is 12.6. The molecule has 2 heterocycles. The number of hydrogen-bond donors (Lipinski definition) is 0. The van der Waals surface area contributed by atoms with Gasteiger partial charge in [-0.3, -0.25) is 9.59 Å². The molecule has 36 heavy (non-hydrogen) atoms. The molecule has 2 aromatic carbocycles. The lowest BCUT2D eigenvalue weighted by atomic mass is 9.77. The number of halogens is 1. The number of piperidine rings is 2. The minimum Gasteiger partial charge on any atom is -0.493 e. The van der Waals surface area contributed by atoms with Gasteiger partial charge in [-0.25, -0.2) is 0 Å². The van der Waals surface area contributed by atoms with E-state index in [2.05, 4.69) is 0 Å². The van der Waals surface area contributed by atoms with E-state index in [1.54, 1.807) is 44.6 Å². The molecule has 2 aromatic rings. The maximum Gasteiger partial charge on any atom is 0.254 e. The van der Waals surface area contributed by atoms with Gasteiger partial charge in [0.25, 0.3) is 5.91 Å². The summed E-state index contributed by atoms with van der Waals surface area (Å²) in [5, 5.41) is 0.640.